The smallest absolute Gasteiger partial charge is 0.0700 e. The Hall–Kier alpha value is -3.62. The highest BCUT2D eigenvalue weighted by molar-refractivity contribution is 7.16. The molecular formula is C52H66O4S2. The van der Waals surface area contributed by atoms with Crippen LogP contribution in [-0.4, -0.2) is 52.9 Å². The van der Waals surface area contributed by atoms with Gasteiger partial charge in [0.2, 0.25) is 0 Å². The molecular weight excluding hydrogens is 753 g/mol. The average Bonchev–Trinajstić information content (AvgIpc) is 3.87. The van der Waals surface area contributed by atoms with Crippen molar-refractivity contribution in [1.82, 2.24) is 0 Å². The first-order valence-electron chi connectivity index (χ1n) is 21.8. The van der Waals surface area contributed by atoms with Crippen LogP contribution in [0.1, 0.15) is 109 Å². The van der Waals surface area contributed by atoms with Gasteiger partial charge in [0.25, 0.3) is 0 Å². The maximum Gasteiger partial charge on any atom is 0.0700 e. The van der Waals surface area contributed by atoms with Gasteiger partial charge in [0.05, 0.1) is 39.6 Å². The Kier molecular flexibility index (Phi) is 20.8. The summed E-state index contributed by atoms with van der Waals surface area (Å²) in [5, 5.41) is 0. The summed E-state index contributed by atoms with van der Waals surface area (Å²) < 4.78 is 22.8. The fourth-order valence-corrected chi connectivity index (χ4v) is 9.08. The van der Waals surface area contributed by atoms with Crippen molar-refractivity contribution < 1.29 is 18.9 Å². The third-order valence-electron chi connectivity index (χ3n) is 10.2. The number of aryl methyl sites for hydroxylation is 2. The first-order valence-corrected chi connectivity index (χ1v) is 23.4. The molecule has 0 aliphatic heterocycles. The van der Waals surface area contributed by atoms with Crippen molar-refractivity contribution in [3.8, 4) is 20.9 Å². The van der Waals surface area contributed by atoms with Crippen molar-refractivity contribution in [3.63, 3.8) is 0 Å². The van der Waals surface area contributed by atoms with E-state index < -0.39 is 0 Å². The van der Waals surface area contributed by atoms with Gasteiger partial charge in [-0.25, -0.2) is 0 Å². The zero-order chi connectivity index (χ0) is 40.6. The first kappa shape index (κ1) is 45.5. The van der Waals surface area contributed by atoms with E-state index in [4.69, 9.17) is 18.9 Å². The minimum atomic E-state index is 0.661. The number of thiophene rings is 2. The molecule has 58 heavy (non-hydrogen) atoms. The van der Waals surface area contributed by atoms with Gasteiger partial charge in [-0.3, -0.25) is 0 Å². The summed E-state index contributed by atoms with van der Waals surface area (Å²) >= 11 is 3.84. The minimum absolute atomic E-state index is 0.661. The molecule has 3 aromatic carbocycles. The summed E-state index contributed by atoms with van der Waals surface area (Å²) in [6, 6.07) is 31.5. The number of unbranched alkanes of at least 4 members (excludes halogenated alkanes) is 3. The number of ether oxygens (including phenoxy) is 4. The summed E-state index contributed by atoms with van der Waals surface area (Å²) in [4.78, 5) is 5.60. The fraction of sp³-hybridized carbons (Fsp3) is 0.423. The molecule has 0 N–H and O–H groups in total. The van der Waals surface area contributed by atoms with Crippen LogP contribution in [0.25, 0.3) is 45.2 Å². The van der Waals surface area contributed by atoms with E-state index in [1.54, 1.807) is 0 Å². The Balaban J connectivity index is 1.12. The molecule has 2 heterocycles. The molecule has 0 radical (unpaired) electrons. The predicted molar refractivity (Wildman–Crippen MR) is 252 cm³/mol. The topological polar surface area (TPSA) is 36.9 Å². The van der Waals surface area contributed by atoms with Crippen LogP contribution in [0.5, 0.6) is 0 Å². The Morgan fingerprint density at radius 1 is 0.397 bits per heavy atom. The normalized spacial score (nSPS) is 11.8. The van der Waals surface area contributed by atoms with Crippen molar-refractivity contribution in [1.29, 1.82) is 0 Å². The molecule has 0 bridgehead atoms. The molecule has 0 spiro atoms. The Morgan fingerprint density at radius 3 is 1.14 bits per heavy atom. The minimum Gasteiger partial charge on any atom is -0.379 e. The van der Waals surface area contributed by atoms with Crippen molar-refractivity contribution in [3.05, 3.63) is 128 Å². The summed E-state index contributed by atoms with van der Waals surface area (Å²) in [5.74, 6) is 0. The molecule has 5 rings (SSSR count). The predicted octanol–water partition coefficient (Wildman–Crippen LogP) is 14.1. The molecule has 4 nitrogen and oxygen atoms in total. The number of hydrogen-bond acceptors (Lipinski definition) is 6. The van der Waals surface area contributed by atoms with Crippen LogP contribution in [0.4, 0.5) is 0 Å². The van der Waals surface area contributed by atoms with Crippen molar-refractivity contribution >= 4 is 47.0 Å². The Morgan fingerprint density at radius 2 is 0.759 bits per heavy atom. The Labute approximate surface area is 358 Å². The third-order valence-corrected chi connectivity index (χ3v) is 12.8. The highest BCUT2D eigenvalue weighted by Gasteiger charge is 2.12. The number of hydrogen-bond donors (Lipinski definition) is 0. The van der Waals surface area contributed by atoms with E-state index in [2.05, 4.69) is 130 Å². The van der Waals surface area contributed by atoms with Crippen LogP contribution in [0.3, 0.4) is 0 Å². The van der Waals surface area contributed by atoms with Gasteiger partial charge < -0.3 is 18.9 Å². The second-order valence-corrected chi connectivity index (χ2v) is 17.1. The first-order chi connectivity index (χ1) is 28.6. The fourth-order valence-electron chi connectivity index (χ4n) is 6.68. The van der Waals surface area contributed by atoms with E-state index in [1.165, 1.54) is 96.1 Å². The SMILES string of the molecule is CCCCOCCOCCc1sc(-c2ccc(C=Cc3ccc(C=Cc4ccc(-c5cc(CCCC)c(CCOCCOCC)s5)cc4)cc3)cc2)cc1CCCC. The van der Waals surface area contributed by atoms with Crippen LogP contribution in [0.2, 0.25) is 0 Å². The van der Waals surface area contributed by atoms with E-state index >= 15 is 0 Å². The van der Waals surface area contributed by atoms with Gasteiger partial charge in [-0.15, -0.1) is 22.7 Å². The molecule has 0 amide bonds. The molecule has 0 atom stereocenters. The molecule has 310 valence electrons. The van der Waals surface area contributed by atoms with Crippen LogP contribution in [-0.2, 0) is 44.6 Å². The van der Waals surface area contributed by atoms with E-state index in [1.807, 2.05) is 29.6 Å². The summed E-state index contributed by atoms with van der Waals surface area (Å²) in [6.45, 7) is 14.5. The van der Waals surface area contributed by atoms with E-state index in [0.717, 1.165) is 58.5 Å². The van der Waals surface area contributed by atoms with Crippen LogP contribution >= 0.6 is 22.7 Å². The largest absolute Gasteiger partial charge is 0.379 e. The van der Waals surface area contributed by atoms with Gasteiger partial charge in [0.1, 0.15) is 0 Å². The van der Waals surface area contributed by atoms with Gasteiger partial charge in [0, 0.05) is 45.6 Å². The summed E-state index contributed by atoms with van der Waals surface area (Å²) in [6.07, 6.45) is 20.1. The molecule has 2 aromatic heterocycles. The lowest BCUT2D eigenvalue weighted by Gasteiger charge is -2.06. The maximum atomic E-state index is 5.92. The summed E-state index contributed by atoms with van der Waals surface area (Å²) in [7, 11) is 0. The second-order valence-electron chi connectivity index (χ2n) is 14.8. The highest BCUT2D eigenvalue weighted by atomic mass is 32.1. The van der Waals surface area contributed by atoms with Gasteiger partial charge in [-0.2, -0.15) is 0 Å². The zero-order valence-electron chi connectivity index (χ0n) is 35.6. The van der Waals surface area contributed by atoms with Gasteiger partial charge >= 0.3 is 0 Å². The van der Waals surface area contributed by atoms with Gasteiger partial charge in [-0.05, 0) is 95.7 Å². The lowest BCUT2D eigenvalue weighted by Crippen LogP contribution is -2.07. The van der Waals surface area contributed by atoms with Crippen molar-refractivity contribution in [2.24, 2.45) is 0 Å². The van der Waals surface area contributed by atoms with Crippen LogP contribution in [0.15, 0.2) is 84.9 Å². The monoisotopic (exact) mass is 818 g/mol. The molecule has 0 unspecified atom stereocenters. The van der Waals surface area contributed by atoms with E-state index in [-0.39, 0.29) is 0 Å². The molecule has 0 aliphatic rings. The lowest BCUT2D eigenvalue weighted by atomic mass is 10.0. The standard InChI is InChI=1S/C52H66O4S2/c1-5-9-12-47-39-51(57-49(47)30-33-55-36-35-53-8-4)45-26-22-43(23-27-45)20-18-41-14-16-42(17-15-41)19-21-44-24-28-46(29-25-44)52-40-48(13-10-6-2)50(58-52)31-34-56-38-37-54-32-11-7-3/h14-29,39-40H,5-13,30-38H2,1-4H3. The van der Waals surface area contributed by atoms with Gasteiger partial charge in [0.15, 0.2) is 0 Å². The van der Waals surface area contributed by atoms with Crippen LogP contribution in [0, 0.1) is 0 Å². The third kappa shape index (κ3) is 15.5. The quantitative estimate of drug-likeness (QED) is 0.0372. The number of benzene rings is 3. The molecule has 6 heteroatoms. The Bertz CT molecular complexity index is 1920. The molecule has 0 fully saturated rings. The van der Waals surface area contributed by atoms with E-state index in [0.29, 0.717) is 26.4 Å². The number of rotatable bonds is 28. The van der Waals surface area contributed by atoms with Crippen LogP contribution < -0.4 is 0 Å². The zero-order valence-corrected chi connectivity index (χ0v) is 37.2. The second kappa shape index (κ2) is 26.5. The maximum absolute atomic E-state index is 5.92. The van der Waals surface area contributed by atoms with E-state index in [9.17, 15) is 0 Å². The molecule has 0 saturated carbocycles. The van der Waals surface area contributed by atoms with Gasteiger partial charge in [-0.1, -0.05) is 137 Å². The molecule has 0 aliphatic carbocycles. The molecule has 0 saturated heterocycles. The summed E-state index contributed by atoms with van der Waals surface area (Å²) in [5.41, 5.74) is 10.3. The molecule has 5 aromatic rings. The highest BCUT2D eigenvalue weighted by Crippen LogP contribution is 2.35. The average molecular weight is 819 g/mol. The lowest BCUT2D eigenvalue weighted by molar-refractivity contribution is 0.0480. The van der Waals surface area contributed by atoms with Crippen molar-refractivity contribution in [2.75, 3.05) is 52.9 Å². The van der Waals surface area contributed by atoms with Crippen molar-refractivity contribution in [2.45, 2.75) is 91.9 Å².